The fourth-order valence-electron chi connectivity index (χ4n) is 3.14. The largest absolute Gasteiger partial charge is 0.427 e. The maximum atomic E-state index is 12.8. The molecule has 152 valence electrons. The lowest BCUT2D eigenvalue weighted by Crippen LogP contribution is -2.31. The Balaban J connectivity index is 1.66. The average Bonchev–Trinajstić information content (AvgIpc) is 3.15. The maximum Gasteiger partial charge on any atom is 0.349 e. The molecule has 0 fully saturated rings. The van der Waals surface area contributed by atoms with Gasteiger partial charge in [-0.1, -0.05) is 42.4 Å². The number of hydrogen-bond donors (Lipinski definition) is 0. The van der Waals surface area contributed by atoms with Gasteiger partial charge in [-0.15, -0.1) is 0 Å². The molecular weight excluding hydrogens is 370 g/mol. The molecule has 0 aliphatic rings. The molecule has 0 N–H and O–H groups in total. The van der Waals surface area contributed by atoms with Crippen LogP contribution < -0.4 is 5.63 Å². The van der Waals surface area contributed by atoms with E-state index in [1.165, 1.54) is 10.5 Å². The molecule has 2 heterocycles. The molecular formula is C22H25N3O4. The summed E-state index contributed by atoms with van der Waals surface area (Å²) in [6, 6.07) is 11.9. The molecule has 0 saturated heterocycles. The maximum absolute atomic E-state index is 12.8. The number of hydrogen-bond acceptors (Lipinski definition) is 6. The van der Waals surface area contributed by atoms with E-state index in [4.69, 9.17) is 8.94 Å². The summed E-state index contributed by atoms with van der Waals surface area (Å²) < 4.78 is 10.5. The molecule has 0 saturated carbocycles. The van der Waals surface area contributed by atoms with Gasteiger partial charge in [0.05, 0.1) is 6.54 Å². The Kier molecular flexibility index (Phi) is 6.59. The third-order valence-corrected chi connectivity index (χ3v) is 4.68. The van der Waals surface area contributed by atoms with Crippen LogP contribution in [0.2, 0.25) is 0 Å². The zero-order chi connectivity index (χ0) is 20.8. The van der Waals surface area contributed by atoms with Gasteiger partial charge in [-0.2, -0.15) is 4.98 Å². The molecule has 29 heavy (non-hydrogen) atoms. The minimum Gasteiger partial charge on any atom is -0.427 e. The summed E-state index contributed by atoms with van der Waals surface area (Å²) >= 11 is 0. The standard InChI is InChI=1S/C22H25N3O4/c1-4-19-23-18(24-29-19)14-25(3)21(26)20-15(2)13-17(28-22(20)27)12-8-11-16-9-6-5-7-10-16/h5-7,9-10,13H,4,8,11-12,14H2,1-3H3. The molecule has 0 atom stereocenters. The van der Waals surface area contributed by atoms with Gasteiger partial charge in [0.25, 0.3) is 5.91 Å². The van der Waals surface area contributed by atoms with Crippen LogP contribution in [0.4, 0.5) is 0 Å². The van der Waals surface area contributed by atoms with Crippen molar-refractivity contribution in [3.05, 3.63) is 81.0 Å². The van der Waals surface area contributed by atoms with E-state index in [1.54, 1.807) is 20.0 Å². The van der Waals surface area contributed by atoms with Crippen molar-refractivity contribution < 1.29 is 13.7 Å². The fourth-order valence-corrected chi connectivity index (χ4v) is 3.14. The van der Waals surface area contributed by atoms with Gasteiger partial charge in [-0.3, -0.25) is 4.79 Å². The number of rotatable bonds is 8. The number of aromatic nitrogens is 2. The first-order chi connectivity index (χ1) is 14.0. The third-order valence-electron chi connectivity index (χ3n) is 4.68. The number of benzene rings is 1. The number of carbonyl (C=O) groups excluding carboxylic acids is 1. The highest BCUT2D eigenvalue weighted by Crippen LogP contribution is 2.13. The first-order valence-electron chi connectivity index (χ1n) is 9.72. The van der Waals surface area contributed by atoms with Gasteiger partial charge in [0.1, 0.15) is 11.3 Å². The molecule has 3 aromatic rings. The summed E-state index contributed by atoms with van der Waals surface area (Å²) in [5, 5.41) is 3.84. The Morgan fingerprint density at radius 2 is 1.93 bits per heavy atom. The van der Waals surface area contributed by atoms with Crippen LogP contribution in [0.25, 0.3) is 0 Å². The summed E-state index contributed by atoms with van der Waals surface area (Å²) in [6.45, 7) is 3.81. The number of aryl methyl sites for hydroxylation is 4. The van der Waals surface area contributed by atoms with Gasteiger partial charge in [0.2, 0.25) is 5.89 Å². The van der Waals surface area contributed by atoms with Crippen LogP contribution in [0.15, 0.2) is 50.1 Å². The Labute approximate surface area is 169 Å². The van der Waals surface area contributed by atoms with E-state index in [0.717, 1.165) is 12.8 Å². The lowest BCUT2D eigenvalue weighted by atomic mass is 10.1. The van der Waals surface area contributed by atoms with Crippen molar-refractivity contribution in [2.24, 2.45) is 0 Å². The quantitative estimate of drug-likeness (QED) is 0.581. The second kappa shape index (κ2) is 9.32. The lowest BCUT2D eigenvalue weighted by Gasteiger charge is -2.15. The van der Waals surface area contributed by atoms with Crippen molar-refractivity contribution in [1.82, 2.24) is 15.0 Å². The predicted octanol–water partition coefficient (Wildman–Crippen LogP) is 3.34. The van der Waals surface area contributed by atoms with Gasteiger partial charge in [0.15, 0.2) is 5.82 Å². The van der Waals surface area contributed by atoms with Crippen LogP contribution in [0.1, 0.15) is 52.3 Å². The topological polar surface area (TPSA) is 89.4 Å². The van der Waals surface area contributed by atoms with Crippen molar-refractivity contribution in [2.75, 3.05) is 7.05 Å². The Hall–Kier alpha value is -3.22. The van der Waals surface area contributed by atoms with Crippen molar-refractivity contribution in [2.45, 2.75) is 46.1 Å². The van der Waals surface area contributed by atoms with Gasteiger partial charge < -0.3 is 13.8 Å². The summed E-state index contributed by atoms with van der Waals surface area (Å²) in [4.78, 5) is 30.8. The van der Waals surface area contributed by atoms with Crippen LogP contribution >= 0.6 is 0 Å². The highest BCUT2D eigenvalue weighted by molar-refractivity contribution is 5.94. The molecule has 1 amide bonds. The second-order valence-electron chi connectivity index (χ2n) is 7.02. The smallest absolute Gasteiger partial charge is 0.349 e. The molecule has 7 nitrogen and oxygen atoms in total. The first kappa shape index (κ1) is 20.5. The average molecular weight is 395 g/mol. The number of nitrogens with zero attached hydrogens (tertiary/aromatic N) is 3. The molecule has 1 aromatic carbocycles. The van der Waals surface area contributed by atoms with E-state index in [0.29, 0.717) is 35.9 Å². The summed E-state index contributed by atoms with van der Waals surface area (Å²) in [5.74, 6) is 1.08. The molecule has 0 spiro atoms. The highest BCUT2D eigenvalue weighted by Gasteiger charge is 2.22. The SMILES string of the molecule is CCc1nc(CN(C)C(=O)c2c(C)cc(CCCc3ccccc3)oc2=O)no1. The van der Waals surface area contributed by atoms with E-state index in [-0.39, 0.29) is 12.1 Å². The molecule has 2 aromatic heterocycles. The Morgan fingerprint density at radius 3 is 2.59 bits per heavy atom. The van der Waals surface area contributed by atoms with E-state index in [1.807, 2.05) is 25.1 Å². The third kappa shape index (κ3) is 5.19. The fraction of sp³-hybridized carbons (Fsp3) is 0.364. The molecule has 3 rings (SSSR count). The van der Waals surface area contributed by atoms with Crippen LogP contribution in [-0.2, 0) is 25.8 Å². The van der Waals surface area contributed by atoms with E-state index < -0.39 is 11.5 Å². The van der Waals surface area contributed by atoms with Crippen LogP contribution in [-0.4, -0.2) is 28.0 Å². The van der Waals surface area contributed by atoms with E-state index in [2.05, 4.69) is 22.3 Å². The van der Waals surface area contributed by atoms with Gasteiger partial charge in [0, 0.05) is 19.9 Å². The molecule has 0 aliphatic carbocycles. The lowest BCUT2D eigenvalue weighted by molar-refractivity contribution is 0.0774. The minimum atomic E-state index is -0.612. The van der Waals surface area contributed by atoms with Crippen LogP contribution in [0, 0.1) is 6.92 Å². The predicted molar refractivity (Wildman–Crippen MR) is 108 cm³/mol. The minimum absolute atomic E-state index is 0.0403. The Bertz CT molecular complexity index is 1020. The number of carbonyl (C=O) groups is 1. The van der Waals surface area contributed by atoms with Crippen molar-refractivity contribution in [3.63, 3.8) is 0 Å². The van der Waals surface area contributed by atoms with Crippen molar-refractivity contribution in [1.29, 1.82) is 0 Å². The van der Waals surface area contributed by atoms with E-state index in [9.17, 15) is 9.59 Å². The van der Waals surface area contributed by atoms with E-state index >= 15 is 0 Å². The van der Waals surface area contributed by atoms with Crippen molar-refractivity contribution >= 4 is 5.91 Å². The van der Waals surface area contributed by atoms with Crippen LogP contribution in [0.5, 0.6) is 0 Å². The molecule has 0 radical (unpaired) electrons. The highest BCUT2D eigenvalue weighted by atomic mass is 16.5. The Morgan fingerprint density at radius 1 is 1.17 bits per heavy atom. The zero-order valence-corrected chi connectivity index (χ0v) is 17.0. The van der Waals surface area contributed by atoms with Gasteiger partial charge in [-0.05, 0) is 37.0 Å². The van der Waals surface area contributed by atoms with Gasteiger partial charge in [-0.25, -0.2) is 4.79 Å². The monoisotopic (exact) mass is 395 g/mol. The number of amides is 1. The summed E-state index contributed by atoms with van der Waals surface area (Å²) in [5.41, 5.74) is 1.28. The zero-order valence-electron chi connectivity index (χ0n) is 17.0. The molecule has 0 bridgehead atoms. The first-order valence-corrected chi connectivity index (χ1v) is 9.72. The molecule has 0 unspecified atom stereocenters. The summed E-state index contributed by atoms with van der Waals surface area (Å²) in [6.07, 6.45) is 3.02. The summed E-state index contributed by atoms with van der Waals surface area (Å²) in [7, 11) is 1.59. The molecule has 7 heteroatoms. The molecule has 0 aliphatic heterocycles. The van der Waals surface area contributed by atoms with Crippen LogP contribution in [0.3, 0.4) is 0 Å². The second-order valence-corrected chi connectivity index (χ2v) is 7.02. The van der Waals surface area contributed by atoms with Gasteiger partial charge >= 0.3 is 5.63 Å². The normalized spacial score (nSPS) is 10.9. The van der Waals surface area contributed by atoms with Crippen molar-refractivity contribution in [3.8, 4) is 0 Å².